The minimum absolute atomic E-state index is 0.0298. The van der Waals surface area contributed by atoms with Crippen LogP contribution < -0.4 is 5.32 Å². The number of amides is 2. The van der Waals surface area contributed by atoms with Crippen LogP contribution in [0.4, 0.5) is 4.79 Å². The molecule has 0 bridgehead atoms. The van der Waals surface area contributed by atoms with Crippen molar-refractivity contribution >= 4 is 6.03 Å². The Morgan fingerprint density at radius 1 is 1.33 bits per heavy atom. The number of nitrogens with one attached hydrogen (secondary N) is 1. The Hall–Kier alpha value is -0.810. The van der Waals surface area contributed by atoms with Gasteiger partial charge in [0.2, 0.25) is 0 Å². The number of rotatable bonds is 4. The summed E-state index contributed by atoms with van der Waals surface area (Å²) in [6.07, 6.45) is 4.27. The first kappa shape index (κ1) is 13.6. The first-order valence-corrected chi connectivity index (χ1v) is 6.93. The minimum atomic E-state index is -0.0298. The van der Waals surface area contributed by atoms with Gasteiger partial charge in [-0.05, 0) is 39.5 Å². The third-order valence-electron chi connectivity index (χ3n) is 3.61. The van der Waals surface area contributed by atoms with E-state index in [1.54, 1.807) is 4.90 Å². The van der Waals surface area contributed by atoms with E-state index in [1.807, 2.05) is 13.8 Å². The summed E-state index contributed by atoms with van der Waals surface area (Å²) in [5, 5.41) is 12.1. The van der Waals surface area contributed by atoms with E-state index < -0.39 is 0 Å². The Labute approximate surface area is 108 Å². The summed E-state index contributed by atoms with van der Waals surface area (Å²) < 4.78 is 5.66. The molecule has 104 valence electrons. The predicted octanol–water partition coefficient (Wildman–Crippen LogP) is 1.11. The molecule has 2 amide bonds. The maximum Gasteiger partial charge on any atom is 0.317 e. The van der Waals surface area contributed by atoms with Gasteiger partial charge < -0.3 is 20.1 Å². The zero-order valence-electron chi connectivity index (χ0n) is 11.3. The Kier molecular flexibility index (Phi) is 4.45. The number of hydrogen-bond acceptors (Lipinski definition) is 3. The number of aliphatic hydroxyl groups excluding tert-OH is 1. The van der Waals surface area contributed by atoms with Crippen molar-refractivity contribution in [2.24, 2.45) is 0 Å². The molecule has 2 fully saturated rings. The molecule has 2 aliphatic rings. The number of carbonyl (C=O) groups is 1. The monoisotopic (exact) mass is 256 g/mol. The van der Waals surface area contributed by atoms with Crippen LogP contribution in [-0.2, 0) is 4.74 Å². The van der Waals surface area contributed by atoms with Crippen LogP contribution in [0, 0.1) is 0 Å². The Morgan fingerprint density at radius 3 is 2.44 bits per heavy atom. The molecule has 1 saturated carbocycles. The van der Waals surface area contributed by atoms with E-state index in [0.29, 0.717) is 12.6 Å². The van der Waals surface area contributed by atoms with Gasteiger partial charge in [-0.25, -0.2) is 4.79 Å². The summed E-state index contributed by atoms with van der Waals surface area (Å²) in [6, 6.07) is 0.501. The highest BCUT2D eigenvalue weighted by Crippen LogP contribution is 2.27. The van der Waals surface area contributed by atoms with Gasteiger partial charge in [-0.15, -0.1) is 0 Å². The van der Waals surface area contributed by atoms with Crippen molar-refractivity contribution < 1.29 is 14.6 Å². The van der Waals surface area contributed by atoms with E-state index in [-0.39, 0.29) is 30.9 Å². The van der Waals surface area contributed by atoms with Crippen LogP contribution in [0.2, 0.25) is 0 Å². The van der Waals surface area contributed by atoms with Gasteiger partial charge in [0.1, 0.15) is 0 Å². The molecular weight excluding hydrogens is 232 g/mol. The maximum atomic E-state index is 12.2. The molecule has 18 heavy (non-hydrogen) atoms. The van der Waals surface area contributed by atoms with Crippen molar-refractivity contribution in [1.82, 2.24) is 10.2 Å². The lowest BCUT2D eigenvalue weighted by atomic mass is 10.00. The highest BCUT2D eigenvalue weighted by atomic mass is 16.5. The topological polar surface area (TPSA) is 61.8 Å². The number of hydrogen-bond donors (Lipinski definition) is 2. The van der Waals surface area contributed by atoms with Gasteiger partial charge in [0.15, 0.2) is 0 Å². The van der Waals surface area contributed by atoms with Gasteiger partial charge in [0.25, 0.3) is 0 Å². The van der Waals surface area contributed by atoms with Crippen LogP contribution in [0.3, 0.4) is 0 Å². The van der Waals surface area contributed by atoms with Gasteiger partial charge in [-0.1, -0.05) is 0 Å². The number of urea groups is 1. The highest BCUT2D eigenvalue weighted by Gasteiger charge is 2.34. The second-order valence-corrected chi connectivity index (χ2v) is 5.52. The lowest BCUT2D eigenvalue weighted by molar-refractivity contribution is -0.0408. The third kappa shape index (κ3) is 3.59. The molecule has 0 aromatic heterocycles. The molecule has 1 aliphatic heterocycles. The van der Waals surface area contributed by atoms with Crippen LogP contribution in [0.25, 0.3) is 0 Å². The molecule has 5 heteroatoms. The number of ether oxygens (including phenoxy) is 1. The van der Waals surface area contributed by atoms with Crippen LogP contribution in [0.1, 0.15) is 39.5 Å². The van der Waals surface area contributed by atoms with Crippen molar-refractivity contribution in [3.8, 4) is 0 Å². The number of carbonyl (C=O) groups excluding carboxylic acids is 1. The van der Waals surface area contributed by atoms with Gasteiger partial charge in [0.05, 0.1) is 18.8 Å². The Bertz CT molecular complexity index is 284. The van der Waals surface area contributed by atoms with E-state index in [2.05, 4.69) is 5.32 Å². The molecule has 2 atom stereocenters. The fraction of sp³-hybridized carbons (Fsp3) is 0.923. The second kappa shape index (κ2) is 5.89. The standard InChI is InChI=1S/C13H24N2O3/c1-9-7-11(8-10(2)18-9)14-13(17)15(5-6-16)12-3-4-12/h9-12,16H,3-8H2,1-2H3,(H,14,17). The van der Waals surface area contributed by atoms with Gasteiger partial charge >= 0.3 is 6.03 Å². The first-order valence-electron chi connectivity index (χ1n) is 6.93. The van der Waals surface area contributed by atoms with Crippen molar-refractivity contribution in [3.63, 3.8) is 0 Å². The summed E-state index contributed by atoms with van der Waals surface area (Å²) in [5.41, 5.74) is 0. The molecule has 2 unspecified atom stereocenters. The highest BCUT2D eigenvalue weighted by molar-refractivity contribution is 5.75. The van der Waals surface area contributed by atoms with Crippen molar-refractivity contribution in [2.45, 2.75) is 63.8 Å². The van der Waals surface area contributed by atoms with Crippen LogP contribution >= 0.6 is 0 Å². The lowest BCUT2D eigenvalue weighted by Crippen LogP contribution is -2.50. The van der Waals surface area contributed by atoms with Crippen LogP contribution in [-0.4, -0.2) is 53.5 Å². The van der Waals surface area contributed by atoms with E-state index in [1.165, 1.54) is 0 Å². The average Bonchev–Trinajstić information content (AvgIpc) is 3.07. The number of aliphatic hydroxyl groups is 1. The summed E-state index contributed by atoms with van der Waals surface area (Å²) in [5.74, 6) is 0. The van der Waals surface area contributed by atoms with Gasteiger partial charge in [-0.2, -0.15) is 0 Å². The zero-order chi connectivity index (χ0) is 13.1. The fourth-order valence-electron chi connectivity index (χ4n) is 2.72. The summed E-state index contributed by atoms with van der Waals surface area (Å²) in [7, 11) is 0. The van der Waals surface area contributed by atoms with Crippen molar-refractivity contribution in [1.29, 1.82) is 0 Å². The van der Waals surface area contributed by atoms with E-state index in [9.17, 15) is 4.79 Å². The van der Waals surface area contributed by atoms with E-state index in [4.69, 9.17) is 9.84 Å². The SMILES string of the molecule is CC1CC(NC(=O)N(CCO)C2CC2)CC(C)O1. The molecule has 1 aliphatic carbocycles. The van der Waals surface area contributed by atoms with Gasteiger partial charge in [-0.3, -0.25) is 0 Å². The number of nitrogens with zero attached hydrogens (tertiary/aromatic N) is 1. The van der Waals surface area contributed by atoms with E-state index in [0.717, 1.165) is 25.7 Å². The van der Waals surface area contributed by atoms with Gasteiger partial charge in [0, 0.05) is 18.6 Å². The third-order valence-corrected chi connectivity index (χ3v) is 3.61. The summed E-state index contributed by atoms with van der Waals surface area (Å²) in [4.78, 5) is 13.9. The smallest absolute Gasteiger partial charge is 0.317 e. The first-order chi connectivity index (χ1) is 8.60. The van der Waals surface area contributed by atoms with Crippen LogP contribution in [0.5, 0.6) is 0 Å². The minimum Gasteiger partial charge on any atom is -0.395 e. The largest absolute Gasteiger partial charge is 0.395 e. The zero-order valence-corrected chi connectivity index (χ0v) is 11.3. The molecule has 0 aromatic carbocycles. The quantitative estimate of drug-likeness (QED) is 0.792. The van der Waals surface area contributed by atoms with Crippen molar-refractivity contribution in [3.05, 3.63) is 0 Å². The molecule has 0 radical (unpaired) electrons. The molecule has 1 heterocycles. The molecule has 0 aromatic rings. The summed E-state index contributed by atoms with van der Waals surface area (Å²) in [6.45, 7) is 4.55. The molecule has 5 nitrogen and oxygen atoms in total. The van der Waals surface area contributed by atoms with Crippen molar-refractivity contribution in [2.75, 3.05) is 13.2 Å². The second-order valence-electron chi connectivity index (χ2n) is 5.52. The lowest BCUT2D eigenvalue weighted by Gasteiger charge is -2.34. The molecule has 1 saturated heterocycles. The molecule has 0 spiro atoms. The Morgan fingerprint density at radius 2 is 1.94 bits per heavy atom. The predicted molar refractivity (Wildman–Crippen MR) is 68.4 cm³/mol. The fourth-order valence-corrected chi connectivity index (χ4v) is 2.72. The molecule has 2 N–H and O–H groups in total. The molecule has 2 rings (SSSR count). The average molecular weight is 256 g/mol. The van der Waals surface area contributed by atoms with E-state index >= 15 is 0 Å². The van der Waals surface area contributed by atoms with Crippen LogP contribution in [0.15, 0.2) is 0 Å². The molecular formula is C13H24N2O3. The summed E-state index contributed by atoms with van der Waals surface area (Å²) >= 11 is 0. The maximum absolute atomic E-state index is 12.2. The normalized spacial score (nSPS) is 32.1. The Balaban J connectivity index is 1.85.